The molecule has 0 unspecified atom stereocenters. The minimum Gasteiger partial charge on any atom is -0.376 e. The molecule has 28 heavy (non-hydrogen) atoms. The van der Waals surface area contributed by atoms with Gasteiger partial charge in [-0.05, 0) is 45.4 Å². The zero-order chi connectivity index (χ0) is 19.5. The van der Waals surface area contributed by atoms with Crippen LogP contribution in [-0.4, -0.2) is 44.1 Å². The van der Waals surface area contributed by atoms with Crippen LogP contribution in [0.3, 0.4) is 0 Å². The molecule has 1 saturated heterocycles. The minimum absolute atomic E-state index is 0.102. The van der Waals surface area contributed by atoms with Gasteiger partial charge in [-0.2, -0.15) is 4.98 Å². The van der Waals surface area contributed by atoms with E-state index in [-0.39, 0.29) is 23.5 Å². The molecule has 0 radical (unpaired) electrons. The first kappa shape index (κ1) is 19.5. The highest BCUT2D eigenvalue weighted by Gasteiger charge is 2.24. The number of hydrogen-bond acceptors (Lipinski definition) is 8. The summed E-state index contributed by atoms with van der Waals surface area (Å²) in [5, 5.41) is 12.5. The fourth-order valence-electron chi connectivity index (χ4n) is 3.68. The van der Waals surface area contributed by atoms with Gasteiger partial charge >= 0.3 is 5.69 Å². The number of anilines is 1. The van der Waals surface area contributed by atoms with Crippen molar-refractivity contribution in [3.8, 4) is 0 Å². The maximum Gasteiger partial charge on any atom is 0.348 e. The standard InChI is InChI=1S/C18H23N5O3S2/c1-11-21-22-17(28-11)19-15(24)10-27-16-13-6-2-3-7-14(13)23(18(25)20-16)9-12-5-4-8-26-12/h12H,2-10H2,1H3,(H,19,22,24)/t12-/m1/s1. The molecule has 150 valence electrons. The summed E-state index contributed by atoms with van der Waals surface area (Å²) in [5.41, 5.74) is 1.96. The Kier molecular flexibility index (Phi) is 6.07. The number of carbonyl (C=O) groups is 1. The number of nitrogens with zero attached hydrogens (tertiary/aromatic N) is 4. The molecule has 2 aromatic heterocycles. The van der Waals surface area contributed by atoms with Crippen LogP contribution in [0.4, 0.5) is 5.13 Å². The third-order valence-electron chi connectivity index (χ3n) is 4.97. The number of rotatable bonds is 6. The molecule has 8 nitrogen and oxygen atoms in total. The first-order valence-electron chi connectivity index (χ1n) is 9.57. The molecule has 1 aliphatic heterocycles. The molecule has 10 heteroatoms. The Bertz CT molecular complexity index is 920. The van der Waals surface area contributed by atoms with E-state index in [1.54, 1.807) is 4.57 Å². The first-order valence-corrected chi connectivity index (χ1v) is 11.4. The summed E-state index contributed by atoms with van der Waals surface area (Å²) in [6.45, 7) is 3.19. The van der Waals surface area contributed by atoms with E-state index in [1.165, 1.54) is 23.1 Å². The summed E-state index contributed by atoms with van der Waals surface area (Å²) in [6.07, 6.45) is 6.07. The lowest BCUT2D eigenvalue weighted by Crippen LogP contribution is -2.34. The Morgan fingerprint density at radius 2 is 2.18 bits per heavy atom. The monoisotopic (exact) mass is 421 g/mol. The van der Waals surface area contributed by atoms with Crippen LogP contribution in [0.2, 0.25) is 0 Å². The quantitative estimate of drug-likeness (QED) is 0.564. The molecule has 1 N–H and O–H groups in total. The number of nitrogens with one attached hydrogen (secondary N) is 1. The van der Waals surface area contributed by atoms with Gasteiger partial charge < -0.3 is 4.74 Å². The topological polar surface area (TPSA) is 99.0 Å². The van der Waals surface area contributed by atoms with Gasteiger partial charge in [0, 0.05) is 17.9 Å². The molecule has 3 heterocycles. The van der Waals surface area contributed by atoms with Gasteiger partial charge in [-0.1, -0.05) is 23.1 Å². The van der Waals surface area contributed by atoms with E-state index in [1.807, 2.05) is 6.92 Å². The highest BCUT2D eigenvalue weighted by atomic mass is 32.2. The van der Waals surface area contributed by atoms with E-state index in [0.717, 1.165) is 61.4 Å². The van der Waals surface area contributed by atoms with Crippen molar-refractivity contribution < 1.29 is 9.53 Å². The van der Waals surface area contributed by atoms with Crippen LogP contribution in [-0.2, 0) is 28.9 Å². The van der Waals surface area contributed by atoms with Crippen molar-refractivity contribution in [2.45, 2.75) is 63.1 Å². The highest BCUT2D eigenvalue weighted by molar-refractivity contribution is 8.00. The molecule has 2 aliphatic rings. The van der Waals surface area contributed by atoms with Crippen molar-refractivity contribution in [1.82, 2.24) is 19.7 Å². The van der Waals surface area contributed by atoms with Crippen LogP contribution in [0, 0.1) is 6.92 Å². The Morgan fingerprint density at radius 3 is 2.93 bits per heavy atom. The van der Waals surface area contributed by atoms with E-state index in [0.29, 0.717) is 16.7 Å². The second-order valence-corrected chi connectivity index (χ2v) is 9.19. The van der Waals surface area contributed by atoms with Crippen LogP contribution in [0.1, 0.15) is 41.9 Å². The van der Waals surface area contributed by atoms with Gasteiger partial charge in [0.1, 0.15) is 10.0 Å². The molecule has 0 aromatic carbocycles. The average molecular weight is 422 g/mol. The zero-order valence-electron chi connectivity index (χ0n) is 15.8. The van der Waals surface area contributed by atoms with Crippen molar-refractivity contribution in [2.24, 2.45) is 0 Å². The van der Waals surface area contributed by atoms with Crippen molar-refractivity contribution in [3.05, 3.63) is 26.7 Å². The summed E-state index contributed by atoms with van der Waals surface area (Å²) in [5.74, 6) is 0.0174. The largest absolute Gasteiger partial charge is 0.376 e. The van der Waals surface area contributed by atoms with Crippen LogP contribution >= 0.6 is 23.1 Å². The van der Waals surface area contributed by atoms with Gasteiger partial charge in [0.15, 0.2) is 0 Å². The lowest BCUT2D eigenvalue weighted by Gasteiger charge is -2.24. The molecule has 1 aliphatic carbocycles. The molecular weight excluding hydrogens is 398 g/mol. The number of hydrogen-bond donors (Lipinski definition) is 1. The predicted octanol–water partition coefficient (Wildman–Crippen LogP) is 2.19. The zero-order valence-corrected chi connectivity index (χ0v) is 17.4. The Morgan fingerprint density at radius 1 is 1.32 bits per heavy atom. The number of ether oxygens (including phenoxy) is 1. The molecule has 0 spiro atoms. The van der Waals surface area contributed by atoms with Gasteiger partial charge in [-0.25, -0.2) is 4.79 Å². The number of aromatic nitrogens is 4. The van der Waals surface area contributed by atoms with Gasteiger partial charge in [-0.15, -0.1) is 10.2 Å². The van der Waals surface area contributed by atoms with Crippen LogP contribution in [0.5, 0.6) is 0 Å². The van der Waals surface area contributed by atoms with Gasteiger partial charge in [0.2, 0.25) is 11.0 Å². The minimum atomic E-state index is -0.237. The van der Waals surface area contributed by atoms with Gasteiger partial charge in [0.05, 0.1) is 18.4 Å². The second-order valence-electron chi connectivity index (χ2n) is 7.04. The first-order chi connectivity index (χ1) is 13.6. The van der Waals surface area contributed by atoms with Gasteiger partial charge in [-0.3, -0.25) is 14.7 Å². The van der Waals surface area contributed by atoms with Crippen LogP contribution in [0.15, 0.2) is 9.82 Å². The van der Waals surface area contributed by atoms with Crippen LogP contribution < -0.4 is 11.0 Å². The van der Waals surface area contributed by atoms with Crippen molar-refractivity contribution in [2.75, 3.05) is 17.7 Å². The average Bonchev–Trinajstić information content (AvgIpc) is 3.34. The summed E-state index contributed by atoms with van der Waals surface area (Å²) >= 11 is 2.66. The normalized spacial score (nSPS) is 18.8. The molecule has 1 amide bonds. The SMILES string of the molecule is Cc1nnc(NC(=O)CSc2nc(=O)n(C[C@H]3CCCO3)c3c2CCCC3)s1. The summed E-state index contributed by atoms with van der Waals surface area (Å²) in [7, 11) is 0. The van der Waals surface area contributed by atoms with Crippen molar-refractivity contribution >= 4 is 34.1 Å². The lowest BCUT2D eigenvalue weighted by molar-refractivity contribution is -0.113. The fraction of sp³-hybridized carbons (Fsp3) is 0.611. The number of aryl methyl sites for hydroxylation is 1. The molecule has 0 bridgehead atoms. The van der Waals surface area contributed by atoms with Crippen LogP contribution in [0.25, 0.3) is 0 Å². The molecule has 0 saturated carbocycles. The molecule has 4 rings (SSSR count). The van der Waals surface area contributed by atoms with E-state index in [2.05, 4.69) is 20.5 Å². The molecule has 1 fully saturated rings. The summed E-state index contributed by atoms with van der Waals surface area (Å²) in [6, 6.07) is 0. The number of carbonyl (C=O) groups excluding carboxylic acids is 1. The summed E-state index contributed by atoms with van der Waals surface area (Å²) in [4.78, 5) is 29.2. The van der Waals surface area contributed by atoms with E-state index < -0.39 is 0 Å². The van der Waals surface area contributed by atoms with E-state index in [4.69, 9.17) is 4.74 Å². The number of thioether (sulfide) groups is 1. The predicted molar refractivity (Wildman–Crippen MR) is 108 cm³/mol. The Labute approximate surface area is 171 Å². The van der Waals surface area contributed by atoms with E-state index in [9.17, 15) is 9.59 Å². The molecule has 1 atom stereocenters. The Hall–Kier alpha value is -1.78. The maximum atomic E-state index is 12.7. The third-order valence-corrected chi connectivity index (χ3v) is 6.75. The molecular formula is C18H23N5O3S2. The Balaban J connectivity index is 1.49. The van der Waals surface area contributed by atoms with Crippen molar-refractivity contribution in [3.63, 3.8) is 0 Å². The lowest BCUT2D eigenvalue weighted by atomic mass is 9.97. The number of amides is 1. The highest BCUT2D eigenvalue weighted by Crippen LogP contribution is 2.29. The van der Waals surface area contributed by atoms with Gasteiger partial charge in [0.25, 0.3) is 0 Å². The third kappa shape index (κ3) is 4.44. The number of fused-ring (bicyclic) bond motifs is 1. The van der Waals surface area contributed by atoms with E-state index >= 15 is 0 Å². The summed E-state index contributed by atoms with van der Waals surface area (Å²) < 4.78 is 7.52. The fourth-order valence-corrected chi connectivity index (χ4v) is 5.17. The maximum absolute atomic E-state index is 12.7. The smallest absolute Gasteiger partial charge is 0.348 e. The van der Waals surface area contributed by atoms with Crippen molar-refractivity contribution in [1.29, 1.82) is 0 Å². The molecule has 2 aromatic rings. The second kappa shape index (κ2) is 8.71.